The van der Waals surface area contributed by atoms with Crippen LogP contribution in [0.2, 0.25) is 0 Å². The van der Waals surface area contributed by atoms with Crippen molar-refractivity contribution in [3.8, 4) is 0 Å². The Balaban J connectivity index is 0.00000133. The van der Waals surface area contributed by atoms with E-state index in [-0.39, 0.29) is 24.4 Å². The maximum atomic E-state index is 11.8. The van der Waals surface area contributed by atoms with Gasteiger partial charge in [0.25, 0.3) is 0 Å². The summed E-state index contributed by atoms with van der Waals surface area (Å²) in [6.07, 6.45) is 0.661. The number of benzene rings is 1. The number of hydrogen-bond donors (Lipinski definition) is 1. The smallest absolute Gasteiger partial charge is 0.323 e. The van der Waals surface area contributed by atoms with E-state index >= 15 is 0 Å². The van der Waals surface area contributed by atoms with E-state index in [2.05, 4.69) is 16.7 Å². The molecule has 0 amide bonds. The predicted octanol–water partition coefficient (Wildman–Crippen LogP) is 1.99. The molecule has 2 heterocycles. The van der Waals surface area contributed by atoms with Gasteiger partial charge in [0.05, 0.1) is 18.0 Å². The number of nitrogens with one attached hydrogen (secondary N) is 1. The van der Waals surface area contributed by atoms with Gasteiger partial charge in [0.15, 0.2) is 0 Å². The van der Waals surface area contributed by atoms with Crippen molar-refractivity contribution < 1.29 is 9.53 Å². The fourth-order valence-corrected chi connectivity index (χ4v) is 2.47. The fraction of sp³-hybridized carbons (Fsp3) is 0.357. The van der Waals surface area contributed by atoms with E-state index in [0.29, 0.717) is 19.6 Å². The number of fused-ring (bicyclic) bond motifs is 2. The molecule has 0 saturated heterocycles. The minimum atomic E-state index is -0.245. The molecule has 1 aromatic rings. The van der Waals surface area contributed by atoms with Crippen molar-refractivity contribution in [1.82, 2.24) is 10.6 Å². The molecule has 0 saturated carbocycles. The van der Waals surface area contributed by atoms with Crippen molar-refractivity contribution in [3.05, 3.63) is 35.5 Å². The zero-order chi connectivity index (χ0) is 12.5. The third-order valence-corrected chi connectivity index (χ3v) is 3.33. The second-order valence-electron chi connectivity index (χ2n) is 4.44. The minimum Gasteiger partial charge on any atom is -0.465 e. The van der Waals surface area contributed by atoms with Gasteiger partial charge in [0, 0.05) is 18.5 Å². The quantitative estimate of drug-likeness (QED) is 0.843. The molecule has 0 bridgehead atoms. The third kappa shape index (κ3) is 2.46. The Labute approximate surface area is 118 Å². The zero-order valence-electron chi connectivity index (χ0n) is 10.7. The second kappa shape index (κ2) is 5.63. The average Bonchev–Trinajstić information content (AvgIpc) is 2.76. The van der Waals surface area contributed by atoms with Crippen LogP contribution in [0.15, 0.2) is 30.0 Å². The first-order valence-electron chi connectivity index (χ1n) is 6.22. The van der Waals surface area contributed by atoms with Crippen molar-refractivity contribution in [1.29, 1.82) is 0 Å². The topological polar surface area (TPSA) is 52.4 Å². The molecule has 19 heavy (non-hydrogen) atoms. The highest BCUT2D eigenvalue weighted by Crippen LogP contribution is 2.38. The summed E-state index contributed by atoms with van der Waals surface area (Å²) in [5.74, 6) is -0.173. The summed E-state index contributed by atoms with van der Waals surface area (Å²) >= 11 is 0. The lowest BCUT2D eigenvalue weighted by atomic mass is 9.95. The summed E-state index contributed by atoms with van der Waals surface area (Å²) in [6.45, 7) is 2.88. The Hall–Kier alpha value is -1.52. The first-order chi connectivity index (χ1) is 8.79. The van der Waals surface area contributed by atoms with Gasteiger partial charge in [-0.05, 0) is 18.6 Å². The van der Waals surface area contributed by atoms with E-state index in [9.17, 15) is 4.79 Å². The molecule has 0 aromatic heterocycles. The molecule has 1 radical (unpaired) electrons. The molecule has 0 spiro atoms. The van der Waals surface area contributed by atoms with E-state index in [4.69, 9.17) is 4.74 Å². The Bertz CT molecular complexity index is 528. The Morgan fingerprint density at radius 1 is 1.47 bits per heavy atom. The highest BCUT2D eigenvalue weighted by atomic mass is 35.5. The number of ether oxygens (including phenoxy) is 1. The lowest BCUT2D eigenvalue weighted by Crippen LogP contribution is -2.42. The van der Waals surface area contributed by atoms with Gasteiger partial charge < -0.3 is 4.74 Å². The third-order valence-electron chi connectivity index (χ3n) is 3.33. The van der Waals surface area contributed by atoms with Gasteiger partial charge in [0.2, 0.25) is 0 Å². The molecule has 0 fully saturated rings. The SMILES string of the molecule is CCOC(=O)C1CC2=C(CN1)[N]c1ccccc12.Cl. The number of para-hydroxylation sites is 1. The van der Waals surface area contributed by atoms with Gasteiger partial charge in [-0.3, -0.25) is 15.4 Å². The predicted molar refractivity (Wildman–Crippen MR) is 75.4 cm³/mol. The number of nitrogens with zero attached hydrogens (tertiary/aromatic N) is 1. The first-order valence-corrected chi connectivity index (χ1v) is 6.22. The molecule has 101 valence electrons. The van der Waals surface area contributed by atoms with Crippen molar-refractivity contribution in [2.45, 2.75) is 19.4 Å². The van der Waals surface area contributed by atoms with E-state index in [1.54, 1.807) is 0 Å². The van der Waals surface area contributed by atoms with Gasteiger partial charge in [-0.25, -0.2) is 0 Å². The molecule has 4 nitrogen and oxygen atoms in total. The monoisotopic (exact) mass is 279 g/mol. The molecule has 1 unspecified atom stereocenters. The van der Waals surface area contributed by atoms with Gasteiger partial charge >= 0.3 is 5.97 Å². The summed E-state index contributed by atoms with van der Waals surface area (Å²) in [7, 11) is 0. The van der Waals surface area contributed by atoms with Gasteiger partial charge in [-0.2, -0.15) is 0 Å². The molecule has 2 aliphatic heterocycles. The Morgan fingerprint density at radius 2 is 2.26 bits per heavy atom. The molecule has 5 heteroatoms. The largest absolute Gasteiger partial charge is 0.465 e. The van der Waals surface area contributed by atoms with E-state index < -0.39 is 0 Å². The fourth-order valence-electron chi connectivity index (χ4n) is 2.47. The average molecular weight is 280 g/mol. The van der Waals surface area contributed by atoms with Crippen LogP contribution in [0, 0.1) is 0 Å². The normalized spacial score (nSPS) is 19.9. The number of rotatable bonds is 2. The number of halogens is 1. The van der Waals surface area contributed by atoms with Crippen LogP contribution in [-0.4, -0.2) is 25.2 Å². The molecule has 0 aliphatic carbocycles. The van der Waals surface area contributed by atoms with Gasteiger partial charge in [0.1, 0.15) is 6.04 Å². The summed E-state index contributed by atoms with van der Waals surface area (Å²) in [5.41, 5.74) is 4.40. The molecule has 1 aromatic carbocycles. The highest BCUT2D eigenvalue weighted by Gasteiger charge is 2.32. The van der Waals surface area contributed by atoms with Crippen LogP contribution in [-0.2, 0) is 9.53 Å². The maximum Gasteiger partial charge on any atom is 0.323 e. The molecule has 3 rings (SSSR count). The molecule has 2 aliphatic rings. The Morgan fingerprint density at radius 3 is 3.05 bits per heavy atom. The Kier molecular flexibility index (Phi) is 4.12. The summed E-state index contributed by atoms with van der Waals surface area (Å²) in [5, 5.41) is 7.76. The van der Waals surface area contributed by atoms with Crippen LogP contribution in [0.3, 0.4) is 0 Å². The van der Waals surface area contributed by atoms with E-state index in [1.165, 1.54) is 5.57 Å². The number of carbonyl (C=O) groups is 1. The molecule has 1 atom stereocenters. The van der Waals surface area contributed by atoms with E-state index in [1.807, 2.05) is 25.1 Å². The highest BCUT2D eigenvalue weighted by molar-refractivity contribution is 5.87. The lowest BCUT2D eigenvalue weighted by molar-refractivity contribution is -0.145. The first kappa shape index (κ1) is 13.9. The van der Waals surface area contributed by atoms with Gasteiger partial charge in [-0.1, -0.05) is 18.2 Å². The second-order valence-corrected chi connectivity index (χ2v) is 4.44. The molecule has 1 N–H and O–H groups in total. The molecular formula is C14H16ClN2O2. The maximum absolute atomic E-state index is 11.8. The summed E-state index contributed by atoms with van der Waals surface area (Å²) in [4.78, 5) is 11.8. The van der Waals surface area contributed by atoms with Crippen LogP contribution in [0.1, 0.15) is 18.9 Å². The lowest BCUT2D eigenvalue weighted by Gasteiger charge is -2.23. The van der Waals surface area contributed by atoms with Crippen LogP contribution in [0.4, 0.5) is 5.69 Å². The number of esters is 1. The van der Waals surface area contributed by atoms with Crippen molar-refractivity contribution >= 4 is 29.6 Å². The van der Waals surface area contributed by atoms with E-state index in [0.717, 1.165) is 16.9 Å². The number of carbonyl (C=O) groups excluding carboxylic acids is 1. The van der Waals surface area contributed by atoms with Crippen molar-refractivity contribution in [2.24, 2.45) is 0 Å². The van der Waals surface area contributed by atoms with Crippen LogP contribution < -0.4 is 10.6 Å². The van der Waals surface area contributed by atoms with Crippen molar-refractivity contribution in [2.75, 3.05) is 13.2 Å². The van der Waals surface area contributed by atoms with Crippen LogP contribution in [0.5, 0.6) is 0 Å². The standard InChI is InChI=1S/C14H15N2O2.ClH/c1-2-18-14(17)12-7-10-9-5-3-4-6-11(9)16-13(10)8-15-12;/h3-6,12,15H,2,7-8H2,1H3;1H. The summed E-state index contributed by atoms with van der Waals surface area (Å²) in [6, 6.07) is 7.81. The summed E-state index contributed by atoms with van der Waals surface area (Å²) < 4.78 is 5.06. The van der Waals surface area contributed by atoms with Crippen LogP contribution in [0.25, 0.3) is 5.57 Å². The molecular weight excluding hydrogens is 264 g/mol. The number of hydrogen-bond acceptors (Lipinski definition) is 3. The zero-order valence-corrected chi connectivity index (χ0v) is 11.5. The van der Waals surface area contributed by atoms with Gasteiger partial charge in [-0.15, -0.1) is 12.4 Å². The minimum absolute atomic E-state index is 0. The van der Waals surface area contributed by atoms with Crippen LogP contribution >= 0.6 is 12.4 Å². The van der Waals surface area contributed by atoms with Crippen molar-refractivity contribution in [3.63, 3.8) is 0 Å².